The maximum absolute atomic E-state index is 13.8. The first kappa shape index (κ1) is 27.0. The fraction of sp³-hybridized carbons (Fsp3) is 0.226. The lowest BCUT2D eigenvalue weighted by molar-refractivity contribution is 0.717. The first-order valence-corrected chi connectivity index (χ1v) is 13.1. The largest absolute Gasteiger partial charge is 0.329 e. The molecule has 0 radical (unpaired) electrons. The van der Waals surface area contributed by atoms with Gasteiger partial charge in [0.15, 0.2) is 0 Å². The number of anilines is 1. The summed E-state index contributed by atoms with van der Waals surface area (Å²) >= 11 is 6.73. The SMILES string of the molecule is C=Cc1cc(-c2ccc(-c3cccnc3)cc2Cl)c(=O)n(CC)c1NC(=NCc1cccnc1)C(C)CC. The summed E-state index contributed by atoms with van der Waals surface area (Å²) in [5, 5.41) is 3.99. The lowest BCUT2D eigenvalue weighted by Gasteiger charge is -2.22. The number of hydrogen-bond donors (Lipinski definition) is 1. The number of halogens is 1. The van der Waals surface area contributed by atoms with E-state index in [1.54, 1.807) is 29.2 Å². The number of hydrogen-bond acceptors (Lipinski definition) is 4. The van der Waals surface area contributed by atoms with Crippen LogP contribution in [0.1, 0.15) is 38.3 Å². The van der Waals surface area contributed by atoms with Gasteiger partial charge in [-0.05, 0) is 48.7 Å². The number of aromatic nitrogens is 3. The molecule has 0 amide bonds. The summed E-state index contributed by atoms with van der Waals surface area (Å²) in [6, 6.07) is 15.3. The van der Waals surface area contributed by atoms with Crippen molar-refractivity contribution in [2.75, 3.05) is 5.32 Å². The quantitative estimate of drug-likeness (QED) is 0.183. The Morgan fingerprint density at radius 3 is 2.45 bits per heavy atom. The molecule has 0 aliphatic heterocycles. The molecule has 3 heterocycles. The molecule has 0 saturated carbocycles. The van der Waals surface area contributed by atoms with E-state index in [0.717, 1.165) is 34.5 Å². The van der Waals surface area contributed by atoms with E-state index in [-0.39, 0.29) is 11.5 Å². The second-order valence-electron chi connectivity index (χ2n) is 9.05. The van der Waals surface area contributed by atoms with Crippen molar-refractivity contribution in [2.24, 2.45) is 10.9 Å². The summed E-state index contributed by atoms with van der Waals surface area (Å²) in [6.45, 7) is 11.2. The van der Waals surface area contributed by atoms with Crippen LogP contribution in [-0.4, -0.2) is 20.4 Å². The molecule has 194 valence electrons. The molecule has 38 heavy (non-hydrogen) atoms. The molecule has 3 aromatic heterocycles. The van der Waals surface area contributed by atoms with Crippen LogP contribution in [0.3, 0.4) is 0 Å². The van der Waals surface area contributed by atoms with E-state index >= 15 is 0 Å². The molecule has 7 heteroatoms. The molecular formula is C31H32ClN5O. The van der Waals surface area contributed by atoms with Gasteiger partial charge in [-0.15, -0.1) is 0 Å². The Morgan fingerprint density at radius 2 is 1.84 bits per heavy atom. The molecule has 1 atom stereocenters. The van der Waals surface area contributed by atoms with Gasteiger partial charge in [0.1, 0.15) is 11.7 Å². The average Bonchev–Trinajstić information content (AvgIpc) is 2.96. The zero-order valence-electron chi connectivity index (χ0n) is 22.0. The molecule has 6 nitrogen and oxygen atoms in total. The molecular weight excluding hydrogens is 494 g/mol. The van der Waals surface area contributed by atoms with Crippen LogP contribution >= 0.6 is 11.6 Å². The first-order valence-electron chi connectivity index (χ1n) is 12.8. The Labute approximate surface area is 228 Å². The highest BCUT2D eigenvalue weighted by atomic mass is 35.5. The summed E-state index contributed by atoms with van der Waals surface area (Å²) in [5.41, 5.74) is 4.78. The van der Waals surface area contributed by atoms with Crippen molar-refractivity contribution in [1.29, 1.82) is 0 Å². The van der Waals surface area contributed by atoms with Crippen molar-refractivity contribution in [1.82, 2.24) is 14.5 Å². The fourth-order valence-electron chi connectivity index (χ4n) is 4.23. The molecule has 0 fully saturated rings. The summed E-state index contributed by atoms with van der Waals surface area (Å²) in [6.07, 6.45) is 9.73. The number of nitrogens with one attached hydrogen (secondary N) is 1. The van der Waals surface area contributed by atoms with Gasteiger partial charge in [0.05, 0.1) is 6.54 Å². The normalized spacial score (nSPS) is 12.3. The van der Waals surface area contributed by atoms with E-state index in [4.69, 9.17) is 16.6 Å². The van der Waals surface area contributed by atoms with Crippen LogP contribution in [0.15, 0.2) is 89.7 Å². The number of amidine groups is 1. The standard InChI is InChI=1S/C31H32ClN5O/c1-5-21(4)29(35-19-22-10-8-14-33-18-22)36-30-23(6-2)16-27(31(38)37(30)7-3)26-13-12-24(17-28(26)32)25-11-9-15-34-20-25/h6,8-18,20-21H,2,5,7,19H2,1,3-4H3,(H,35,36). The highest BCUT2D eigenvalue weighted by molar-refractivity contribution is 6.33. The summed E-state index contributed by atoms with van der Waals surface area (Å²) < 4.78 is 1.72. The van der Waals surface area contributed by atoms with Gasteiger partial charge >= 0.3 is 0 Å². The Morgan fingerprint density at radius 1 is 1.08 bits per heavy atom. The highest BCUT2D eigenvalue weighted by Gasteiger charge is 2.19. The molecule has 0 aliphatic carbocycles. The lowest BCUT2D eigenvalue weighted by atomic mass is 10.00. The fourth-order valence-corrected chi connectivity index (χ4v) is 4.51. The highest BCUT2D eigenvalue weighted by Crippen LogP contribution is 2.32. The summed E-state index contributed by atoms with van der Waals surface area (Å²) in [4.78, 5) is 27.0. The Hall–Kier alpha value is -4.03. The number of rotatable bonds is 9. The molecule has 0 bridgehead atoms. The van der Waals surface area contributed by atoms with E-state index in [1.165, 1.54) is 0 Å². The topological polar surface area (TPSA) is 72.2 Å². The van der Waals surface area contributed by atoms with Crippen molar-refractivity contribution in [3.8, 4) is 22.3 Å². The second kappa shape index (κ2) is 12.5. The van der Waals surface area contributed by atoms with Crippen LogP contribution in [0, 0.1) is 5.92 Å². The zero-order chi connectivity index (χ0) is 27.1. The molecule has 4 rings (SSSR count). The number of pyridine rings is 3. The summed E-state index contributed by atoms with van der Waals surface area (Å²) in [5.74, 6) is 1.65. The van der Waals surface area contributed by atoms with Crippen molar-refractivity contribution >= 4 is 29.3 Å². The third-order valence-electron chi connectivity index (χ3n) is 6.59. The minimum Gasteiger partial charge on any atom is -0.329 e. The van der Waals surface area contributed by atoms with E-state index in [2.05, 4.69) is 35.7 Å². The molecule has 0 saturated heterocycles. The van der Waals surface area contributed by atoms with Crippen molar-refractivity contribution in [2.45, 2.75) is 40.3 Å². The maximum Gasteiger partial charge on any atom is 0.260 e. The minimum absolute atomic E-state index is 0.132. The minimum atomic E-state index is -0.132. The Bertz CT molecular complexity index is 1500. The predicted molar refractivity (Wildman–Crippen MR) is 159 cm³/mol. The second-order valence-corrected chi connectivity index (χ2v) is 9.46. The van der Waals surface area contributed by atoms with E-state index < -0.39 is 0 Å². The van der Waals surface area contributed by atoms with Crippen molar-refractivity contribution in [3.63, 3.8) is 0 Å². The molecule has 4 aromatic rings. The molecule has 0 aliphatic rings. The van der Waals surface area contributed by atoms with Crippen LogP contribution in [-0.2, 0) is 13.1 Å². The van der Waals surface area contributed by atoms with Gasteiger partial charge < -0.3 is 5.32 Å². The predicted octanol–water partition coefficient (Wildman–Crippen LogP) is 7.35. The number of benzene rings is 1. The Kier molecular flexibility index (Phi) is 8.87. The van der Waals surface area contributed by atoms with E-state index in [9.17, 15) is 4.79 Å². The van der Waals surface area contributed by atoms with Gasteiger partial charge in [-0.1, -0.05) is 62.4 Å². The smallest absolute Gasteiger partial charge is 0.260 e. The van der Waals surface area contributed by atoms with Gasteiger partial charge in [0, 0.05) is 64.5 Å². The van der Waals surface area contributed by atoms with Crippen molar-refractivity contribution < 1.29 is 0 Å². The van der Waals surface area contributed by atoms with Gasteiger partial charge in [-0.25, -0.2) is 0 Å². The first-order chi connectivity index (χ1) is 18.5. The lowest BCUT2D eigenvalue weighted by Crippen LogP contribution is -2.29. The van der Waals surface area contributed by atoms with Crippen LogP contribution in [0.5, 0.6) is 0 Å². The number of aliphatic imine (C=N–C) groups is 1. The molecule has 0 spiro atoms. The van der Waals surface area contributed by atoms with Crippen molar-refractivity contribution in [3.05, 3.63) is 106 Å². The zero-order valence-corrected chi connectivity index (χ0v) is 22.7. The average molecular weight is 526 g/mol. The van der Waals surface area contributed by atoms with E-state index in [0.29, 0.717) is 35.1 Å². The van der Waals surface area contributed by atoms with E-state index in [1.807, 2.05) is 61.7 Å². The van der Waals surface area contributed by atoms with Crippen LogP contribution < -0.4 is 10.9 Å². The van der Waals surface area contributed by atoms with Gasteiger partial charge in [-0.2, -0.15) is 0 Å². The van der Waals surface area contributed by atoms with Gasteiger partial charge in [-0.3, -0.25) is 24.3 Å². The van der Waals surface area contributed by atoms with Gasteiger partial charge in [0.25, 0.3) is 5.56 Å². The monoisotopic (exact) mass is 525 g/mol. The maximum atomic E-state index is 13.8. The molecule has 1 unspecified atom stereocenters. The number of nitrogens with zero attached hydrogens (tertiary/aromatic N) is 4. The van der Waals surface area contributed by atoms with Crippen LogP contribution in [0.2, 0.25) is 5.02 Å². The van der Waals surface area contributed by atoms with Crippen LogP contribution in [0.25, 0.3) is 28.3 Å². The summed E-state index contributed by atoms with van der Waals surface area (Å²) in [7, 11) is 0. The third-order valence-corrected chi connectivity index (χ3v) is 6.90. The van der Waals surface area contributed by atoms with Gasteiger partial charge in [0.2, 0.25) is 0 Å². The molecule has 1 aromatic carbocycles. The molecule has 1 N–H and O–H groups in total. The third kappa shape index (κ3) is 5.92. The van der Waals surface area contributed by atoms with Crippen LogP contribution in [0.4, 0.5) is 5.82 Å². The Balaban J connectivity index is 1.76.